The zero-order chi connectivity index (χ0) is 15.2. The minimum atomic E-state index is -0.311. The van der Waals surface area contributed by atoms with Crippen molar-refractivity contribution in [1.82, 2.24) is 0 Å². The Morgan fingerprint density at radius 3 is 2.67 bits per heavy atom. The Kier molecular flexibility index (Phi) is 5.44. The Hall–Kier alpha value is -1.75. The number of carbonyl (C=O) groups excluding carboxylic acids is 1. The third-order valence-corrected chi connectivity index (χ3v) is 3.41. The van der Waals surface area contributed by atoms with Crippen LogP contribution in [-0.2, 0) is 16.1 Å². The molecule has 0 aliphatic heterocycles. The molecule has 0 bridgehead atoms. The smallest absolute Gasteiger partial charge is 0.250 e. The molecule has 0 aliphatic rings. The Bertz CT molecular complexity index is 647. The summed E-state index contributed by atoms with van der Waals surface area (Å²) in [5, 5.41) is 3.67. The molecule has 0 radical (unpaired) electrons. The van der Waals surface area contributed by atoms with Gasteiger partial charge in [0.1, 0.15) is 6.61 Å². The topological polar surface area (TPSA) is 64.3 Å². The lowest BCUT2D eigenvalue weighted by Gasteiger charge is -2.09. The summed E-state index contributed by atoms with van der Waals surface area (Å²) in [5.41, 5.74) is 7.45. The number of ether oxygens (including phenoxy) is 1. The molecule has 21 heavy (non-hydrogen) atoms. The normalized spacial score (nSPS) is 10.4. The molecule has 2 aromatic carbocycles. The van der Waals surface area contributed by atoms with Crippen LogP contribution in [0.3, 0.4) is 0 Å². The highest BCUT2D eigenvalue weighted by molar-refractivity contribution is 6.33. The summed E-state index contributed by atoms with van der Waals surface area (Å²) < 4.78 is 5.33. The third-order valence-electron chi connectivity index (χ3n) is 2.71. The van der Waals surface area contributed by atoms with E-state index >= 15 is 0 Å². The van der Waals surface area contributed by atoms with Gasteiger partial charge >= 0.3 is 0 Å². The van der Waals surface area contributed by atoms with Crippen molar-refractivity contribution in [3.63, 3.8) is 0 Å². The number of halogens is 2. The molecule has 2 rings (SSSR count). The van der Waals surface area contributed by atoms with Crippen LogP contribution in [0.25, 0.3) is 0 Å². The number of hydrogen-bond donors (Lipinski definition) is 2. The first-order valence-corrected chi connectivity index (χ1v) is 6.98. The van der Waals surface area contributed by atoms with Crippen molar-refractivity contribution in [2.45, 2.75) is 6.61 Å². The summed E-state index contributed by atoms with van der Waals surface area (Å²) in [6, 6.07) is 12.2. The fraction of sp³-hybridized carbons (Fsp3) is 0.133. The van der Waals surface area contributed by atoms with E-state index in [2.05, 4.69) is 5.32 Å². The summed E-state index contributed by atoms with van der Waals surface area (Å²) in [5.74, 6) is -0.311. The van der Waals surface area contributed by atoms with Gasteiger partial charge in [0.25, 0.3) is 0 Å². The van der Waals surface area contributed by atoms with Crippen molar-refractivity contribution < 1.29 is 9.53 Å². The van der Waals surface area contributed by atoms with Crippen molar-refractivity contribution in [1.29, 1.82) is 0 Å². The molecular formula is C15H14Cl2N2O2. The molecule has 0 saturated heterocycles. The molecule has 110 valence electrons. The van der Waals surface area contributed by atoms with Crippen LogP contribution < -0.4 is 11.1 Å². The van der Waals surface area contributed by atoms with Crippen LogP contribution >= 0.6 is 23.2 Å². The van der Waals surface area contributed by atoms with Crippen LogP contribution in [0.2, 0.25) is 10.0 Å². The number of nitrogens with one attached hydrogen (secondary N) is 1. The van der Waals surface area contributed by atoms with E-state index in [0.717, 1.165) is 5.56 Å². The monoisotopic (exact) mass is 324 g/mol. The van der Waals surface area contributed by atoms with Crippen LogP contribution in [0.1, 0.15) is 5.56 Å². The molecule has 0 heterocycles. The highest BCUT2D eigenvalue weighted by Crippen LogP contribution is 2.24. The molecule has 1 amide bonds. The SMILES string of the molecule is Nc1ccc(Cl)c(NC(=O)COCc2ccccc2Cl)c1. The van der Waals surface area contributed by atoms with Gasteiger partial charge in [0.05, 0.1) is 17.3 Å². The summed E-state index contributed by atoms with van der Waals surface area (Å²) in [6.07, 6.45) is 0. The van der Waals surface area contributed by atoms with Crippen molar-refractivity contribution in [3.05, 3.63) is 58.1 Å². The van der Waals surface area contributed by atoms with E-state index < -0.39 is 0 Å². The first-order chi connectivity index (χ1) is 10.1. The maximum Gasteiger partial charge on any atom is 0.250 e. The lowest BCUT2D eigenvalue weighted by molar-refractivity contribution is -0.121. The summed E-state index contributed by atoms with van der Waals surface area (Å²) in [7, 11) is 0. The fourth-order valence-electron chi connectivity index (χ4n) is 1.69. The van der Waals surface area contributed by atoms with Gasteiger partial charge in [-0.2, -0.15) is 0 Å². The van der Waals surface area contributed by atoms with Gasteiger partial charge in [-0.1, -0.05) is 41.4 Å². The van der Waals surface area contributed by atoms with Crippen LogP contribution in [-0.4, -0.2) is 12.5 Å². The minimum absolute atomic E-state index is 0.101. The Morgan fingerprint density at radius 1 is 1.14 bits per heavy atom. The largest absolute Gasteiger partial charge is 0.399 e. The Labute approximate surface area is 132 Å². The maximum absolute atomic E-state index is 11.8. The number of benzene rings is 2. The van der Waals surface area contributed by atoms with Crippen molar-refractivity contribution >= 4 is 40.5 Å². The van der Waals surface area contributed by atoms with E-state index in [1.165, 1.54) is 0 Å². The van der Waals surface area contributed by atoms with Gasteiger partial charge < -0.3 is 15.8 Å². The van der Waals surface area contributed by atoms with Gasteiger partial charge in [0, 0.05) is 10.7 Å². The number of rotatable bonds is 5. The second-order valence-corrected chi connectivity index (χ2v) is 5.19. The highest BCUT2D eigenvalue weighted by atomic mass is 35.5. The molecule has 0 aromatic heterocycles. The quantitative estimate of drug-likeness (QED) is 0.823. The highest BCUT2D eigenvalue weighted by Gasteiger charge is 2.07. The third kappa shape index (κ3) is 4.63. The van der Waals surface area contributed by atoms with Crippen LogP contribution in [0.5, 0.6) is 0 Å². The number of nitrogen functional groups attached to an aromatic ring is 1. The number of nitrogens with two attached hydrogens (primary N) is 1. The molecule has 0 aliphatic carbocycles. The second kappa shape index (κ2) is 7.31. The van der Waals surface area contributed by atoms with Crippen molar-refractivity contribution in [3.8, 4) is 0 Å². The summed E-state index contributed by atoms with van der Waals surface area (Å²) >= 11 is 12.0. The fourth-order valence-corrected chi connectivity index (χ4v) is 2.05. The zero-order valence-corrected chi connectivity index (χ0v) is 12.6. The number of hydrogen-bond acceptors (Lipinski definition) is 3. The first-order valence-electron chi connectivity index (χ1n) is 6.22. The Morgan fingerprint density at radius 2 is 1.90 bits per heavy atom. The number of carbonyl (C=O) groups is 1. The van der Waals surface area contributed by atoms with Gasteiger partial charge in [-0.15, -0.1) is 0 Å². The molecule has 0 unspecified atom stereocenters. The predicted molar refractivity (Wildman–Crippen MR) is 85.6 cm³/mol. The van der Waals surface area contributed by atoms with E-state index in [4.69, 9.17) is 33.7 Å². The first kappa shape index (κ1) is 15.6. The molecule has 0 atom stereocenters. The van der Waals surface area contributed by atoms with Crippen LogP contribution in [0.15, 0.2) is 42.5 Å². The lowest BCUT2D eigenvalue weighted by Crippen LogP contribution is -2.18. The minimum Gasteiger partial charge on any atom is -0.399 e. The predicted octanol–water partition coefficient (Wildman–Crippen LogP) is 3.73. The summed E-state index contributed by atoms with van der Waals surface area (Å²) in [6.45, 7) is 0.161. The van der Waals surface area contributed by atoms with Gasteiger partial charge in [0.15, 0.2) is 0 Å². The average molecular weight is 325 g/mol. The molecule has 0 saturated carbocycles. The molecule has 6 heteroatoms. The average Bonchev–Trinajstić information content (AvgIpc) is 2.45. The molecule has 2 aromatic rings. The standard InChI is InChI=1S/C15H14Cl2N2O2/c16-12-4-2-1-3-10(12)8-21-9-15(20)19-14-7-11(18)5-6-13(14)17/h1-7H,8-9,18H2,(H,19,20). The van der Waals surface area contributed by atoms with Gasteiger partial charge in [-0.05, 0) is 29.8 Å². The maximum atomic E-state index is 11.8. The zero-order valence-electron chi connectivity index (χ0n) is 11.1. The number of anilines is 2. The van der Waals surface area contributed by atoms with Gasteiger partial charge in [0.2, 0.25) is 5.91 Å². The molecule has 0 spiro atoms. The molecule has 3 N–H and O–H groups in total. The van der Waals surface area contributed by atoms with Gasteiger partial charge in [-0.3, -0.25) is 4.79 Å². The lowest BCUT2D eigenvalue weighted by atomic mass is 10.2. The second-order valence-electron chi connectivity index (χ2n) is 4.37. The van der Waals surface area contributed by atoms with E-state index in [-0.39, 0.29) is 19.1 Å². The van der Waals surface area contributed by atoms with Crippen molar-refractivity contribution in [2.24, 2.45) is 0 Å². The molecule has 4 nitrogen and oxygen atoms in total. The molecule has 0 fully saturated rings. The van der Waals surface area contributed by atoms with E-state index in [1.807, 2.05) is 18.2 Å². The van der Waals surface area contributed by atoms with E-state index in [9.17, 15) is 4.79 Å². The number of amides is 1. The van der Waals surface area contributed by atoms with E-state index in [1.54, 1.807) is 24.3 Å². The van der Waals surface area contributed by atoms with Gasteiger partial charge in [-0.25, -0.2) is 0 Å². The Balaban J connectivity index is 1.85. The van der Waals surface area contributed by atoms with Crippen LogP contribution in [0.4, 0.5) is 11.4 Å². The van der Waals surface area contributed by atoms with Crippen molar-refractivity contribution in [2.75, 3.05) is 17.7 Å². The van der Waals surface area contributed by atoms with E-state index in [0.29, 0.717) is 21.4 Å². The molecular weight excluding hydrogens is 311 g/mol. The van der Waals surface area contributed by atoms with Crippen LogP contribution in [0, 0.1) is 0 Å². The summed E-state index contributed by atoms with van der Waals surface area (Å²) in [4.78, 5) is 11.8.